The van der Waals surface area contributed by atoms with Crippen LogP contribution in [-0.2, 0) is 12.5 Å². The Hall–Kier alpha value is -0.810. The smallest absolute Gasteiger partial charge is 0.319 e. The maximum atomic E-state index is 13.1. The highest BCUT2D eigenvalue weighted by Gasteiger charge is 2.40. The molecule has 6 heteroatoms. The summed E-state index contributed by atoms with van der Waals surface area (Å²) in [5, 5.41) is 0. The van der Waals surface area contributed by atoms with Gasteiger partial charge >= 0.3 is 5.92 Å². The first-order chi connectivity index (χ1) is 6.48. The van der Waals surface area contributed by atoms with Crippen LogP contribution in [0.25, 0.3) is 0 Å². The zero-order valence-corrected chi connectivity index (χ0v) is 8.90. The predicted octanol–water partition coefficient (Wildman–Crippen LogP) is 2.41. The van der Waals surface area contributed by atoms with E-state index in [2.05, 4.69) is 4.98 Å². The summed E-state index contributed by atoms with van der Waals surface area (Å²) in [6.45, 7) is 0.934. The van der Waals surface area contributed by atoms with E-state index >= 15 is 0 Å². The van der Waals surface area contributed by atoms with Crippen LogP contribution in [0, 0.1) is 0 Å². The molecule has 0 bridgehead atoms. The minimum atomic E-state index is -3.55. The third kappa shape index (κ3) is 3.07. The van der Waals surface area contributed by atoms with Gasteiger partial charge in [-0.2, -0.15) is 8.78 Å². The minimum absolute atomic E-state index is 0. The summed E-state index contributed by atoms with van der Waals surface area (Å²) in [6, 6.07) is 2.64. The molecule has 0 aliphatic rings. The van der Waals surface area contributed by atoms with Gasteiger partial charge in [-0.05, 0) is 24.6 Å². The monoisotopic (exact) mass is 240 g/mol. The van der Waals surface area contributed by atoms with Gasteiger partial charge in [0, 0.05) is 12.7 Å². The van der Waals surface area contributed by atoms with E-state index in [0.717, 1.165) is 13.0 Å². The lowest BCUT2D eigenvalue weighted by Gasteiger charge is -2.17. The molecule has 1 aromatic heterocycles. The number of nitrogens with zero attached hydrogens (tertiary/aromatic N) is 1. The Morgan fingerprint density at radius 1 is 1.53 bits per heavy atom. The van der Waals surface area contributed by atoms with Gasteiger partial charge in [-0.15, -0.1) is 12.4 Å². The van der Waals surface area contributed by atoms with Crippen molar-refractivity contribution in [2.75, 3.05) is 0 Å². The molecular weight excluding hydrogens is 229 g/mol. The highest BCUT2D eigenvalue weighted by Crippen LogP contribution is 2.32. The standard InChI is InChI=1S/C9H11F3N2.ClH/c1-6(10)9(11,12)8-4-7(5-13)2-3-14-8;/h2-4,6H,5,13H2,1H3;1H. The van der Waals surface area contributed by atoms with Crippen molar-refractivity contribution < 1.29 is 13.2 Å². The molecule has 0 amide bonds. The van der Waals surface area contributed by atoms with Crippen LogP contribution < -0.4 is 5.73 Å². The SMILES string of the molecule is CC(F)C(F)(F)c1cc(CN)ccn1.Cl. The van der Waals surface area contributed by atoms with Crippen molar-refractivity contribution in [3.8, 4) is 0 Å². The van der Waals surface area contributed by atoms with Crippen LogP contribution >= 0.6 is 12.4 Å². The lowest BCUT2D eigenvalue weighted by molar-refractivity contribution is -0.0749. The van der Waals surface area contributed by atoms with Crippen LogP contribution in [0.2, 0.25) is 0 Å². The van der Waals surface area contributed by atoms with Crippen LogP contribution in [0.15, 0.2) is 18.3 Å². The van der Waals surface area contributed by atoms with E-state index in [1.165, 1.54) is 12.3 Å². The molecule has 1 rings (SSSR count). The number of hydrogen-bond acceptors (Lipinski definition) is 2. The largest absolute Gasteiger partial charge is 0.326 e. The Bertz CT molecular complexity index is 318. The maximum Gasteiger partial charge on any atom is 0.319 e. The average molecular weight is 241 g/mol. The van der Waals surface area contributed by atoms with E-state index in [0.29, 0.717) is 5.56 Å². The molecule has 1 atom stereocenters. The van der Waals surface area contributed by atoms with Crippen LogP contribution in [0.5, 0.6) is 0 Å². The number of hydrogen-bond donors (Lipinski definition) is 1. The Morgan fingerprint density at radius 2 is 2.13 bits per heavy atom. The summed E-state index contributed by atoms with van der Waals surface area (Å²) in [4.78, 5) is 3.43. The highest BCUT2D eigenvalue weighted by atomic mass is 35.5. The third-order valence-corrected chi connectivity index (χ3v) is 1.90. The Balaban J connectivity index is 0.00000196. The zero-order chi connectivity index (χ0) is 10.8. The summed E-state index contributed by atoms with van der Waals surface area (Å²) >= 11 is 0. The molecule has 86 valence electrons. The summed E-state index contributed by atoms with van der Waals surface area (Å²) in [6.07, 6.45) is -1.06. The topological polar surface area (TPSA) is 38.9 Å². The van der Waals surface area contributed by atoms with Gasteiger partial charge < -0.3 is 5.73 Å². The molecule has 0 saturated heterocycles. The van der Waals surface area contributed by atoms with E-state index in [9.17, 15) is 13.2 Å². The van der Waals surface area contributed by atoms with Crippen molar-refractivity contribution >= 4 is 12.4 Å². The van der Waals surface area contributed by atoms with E-state index in [1.54, 1.807) is 0 Å². The average Bonchev–Trinajstić information content (AvgIpc) is 2.17. The second-order valence-electron chi connectivity index (χ2n) is 2.99. The number of alkyl halides is 3. The van der Waals surface area contributed by atoms with Gasteiger partial charge in [-0.3, -0.25) is 4.98 Å². The fourth-order valence-electron chi connectivity index (χ4n) is 0.987. The normalized spacial score (nSPS) is 13.1. The van der Waals surface area contributed by atoms with Crippen molar-refractivity contribution in [1.29, 1.82) is 0 Å². The molecule has 1 heterocycles. The van der Waals surface area contributed by atoms with E-state index in [1.807, 2.05) is 0 Å². The molecule has 0 saturated carbocycles. The van der Waals surface area contributed by atoms with Gasteiger partial charge in [0.05, 0.1) is 0 Å². The van der Waals surface area contributed by atoms with Crippen molar-refractivity contribution in [2.24, 2.45) is 5.73 Å². The number of rotatable bonds is 3. The lowest BCUT2D eigenvalue weighted by atomic mass is 10.1. The molecule has 1 aromatic rings. The zero-order valence-electron chi connectivity index (χ0n) is 8.08. The molecule has 15 heavy (non-hydrogen) atoms. The number of pyridine rings is 1. The first-order valence-electron chi connectivity index (χ1n) is 4.16. The predicted molar refractivity (Wildman–Crippen MR) is 53.8 cm³/mol. The third-order valence-electron chi connectivity index (χ3n) is 1.90. The van der Waals surface area contributed by atoms with E-state index < -0.39 is 17.8 Å². The van der Waals surface area contributed by atoms with Gasteiger partial charge in [0.1, 0.15) is 5.69 Å². The van der Waals surface area contributed by atoms with Crippen LogP contribution in [0.1, 0.15) is 18.2 Å². The van der Waals surface area contributed by atoms with Crippen LogP contribution in [0.3, 0.4) is 0 Å². The molecule has 1 unspecified atom stereocenters. The summed E-state index contributed by atoms with van der Waals surface area (Å²) in [5.41, 5.74) is 5.21. The first kappa shape index (κ1) is 14.2. The Morgan fingerprint density at radius 3 is 2.60 bits per heavy atom. The van der Waals surface area contributed by atoms with Crippen molar-refractivity contribution in [3.63, 3.8) is 0 Å². The van der Waals surface area contributed by atoms with Crippen LogP contribution in [-0.4, -0.2) is 11.2 Å². The van der Waals surface area contributed by atoms with Gasteiger partial charge in [-0.25, -0.2) is 4.39 Å². The fourth-order valence-corrected chi connectivity index (χ4v) is 0.987. The van der Waals surface area contributed by atoms with Gasteiger partial charge in [0.2, 0.25) is 0 Å². The molecular formula is C9H12ClF3N2. The molecule has 0 aromatic carbocycles. The number of nitrogens with two attached hydrogens (primary N) is 1. The van der Waals surface area contributed by atoms with Gasteiger partial charge in [0.25, 0.3) is 0 Å². The minimum Gasteiger partial charge on any atom is -0.326 e. The lowest BCUT2D eigenvalue weighted by Crippen LogP contribution is -2.26. The Labute approximate surface area is 92.1 Å². The van der Waals surface area contributed by atoms with E-state index in [-0.39, 0.29) is 19.0 Å². The van der Waals surface area contributed by atoms with Crippen molar-refractivity contribution in [3.05, 3.63) is 29.6 Å². The molecule has 0 radical (unpaired) electrons. The van der Waals surface area contributed by atoms with Crippen LogP contribution in [0.4, 0.5) is 13.2 Å². The number of aromatic nitrogens is 1. The van der Waals surface area contributed by atoms with Crippen molar-refractivity contribution in [2.45, 2.75) is 25.6 Å². The second-order valence-corrected chi connectivity index (χ2v) is 2.99. The second kappa shape index (κ2) is 5.32. The molecule has 0 spiro atoms. The summed E-state index contributed by atoms with van der Waals surface area (Å²) in [5.74, 6) is -3.55. The van der Waals surface area contributed by atoms with Gasteiger partial charge in [-0.1, -0.05) is 0 Å². The molecule has 2 N–H and O–H groups in total. The molecule has 2 nitrogen and oxygen atoms in total. The highest BCUT2D eigenvalue weighted by molar-refractivity contribution is 5.85. The van der Waals surface area contributed by atoms with Crippen molar-refractivity contribution in [1.82, 2.24) is 4.98 Å². The summed E-state index contributed by atoms with van der Waals surface area (Å²) in [7, 11) is 0. The fraction of sp³-hybridized carbons (Fsp3) is 0.444. The van der Waals surface area contributed by atoms with E-state index in [4.69, 9.17) is 5.73 Å². The quantitative estimate of drug-likeness (QED) is 0.881. The number of halogens is 4. The maximum absolute atomic E-state index is 13.1. The Kier molecular flexibility index (Phi) is 5.03. The molecule has 0 aliphatic heterocycles. The summed E-state index contributed by atoms with van der Waals surface area (Å²) < 4.78 is 38.8. The molecule has 0 fully saturated rings. The molecule has 0 aliphatic carbocycles. The first-order valence-corrected chi connectivity index (χ1v) is 4.16. The van der Waals surface area contributed by atoms with Gasteiger partial charge in [0.15, 0.2) is 6.17 Å².